The molecule has 1 aliphatic rings. The lowest BCUT2D eigenvalue weighted by atomic mass is 10.1. The SMILES string of the molecule is Cc1cc(N2CCCC2)ccc1CNC(C)C. The Labute approximate surface area is 105 Å². The van der Waals surface area contributed by atoms with Gasteiger partial charge in [-0.2, -0.15) is 0 Å². The van der Waals surface area contributed by atoms with Gasteiger partial charge in [0.15, 0.2) is 0 Å². The molecule has 1 aromatic rings. The van der Waals surface area contributed by atoms with Crippen LogP contribution in [0.5, 0.6) is 0 Å². The van der Waals surface area contributed by atoms with Crippen LogP contribution in [0.3, 0.4) is 0 Å². The summed E-state index contributed by atoms with van der Waals surface area (Å²) < 4.78 is 0. The van der Waals surface area contributed by atoms with Crippen molar-refractivity contribution in [3.8, 4) is 0 Å². The molecule has 0 unspecified atom stereocenters. The quantitative estimate of drug-likeness (QED) is 0.858. The van der Waals surface area contributed by atoms with Crippen molar-refractivity contribution in [1.82, 2.24) is 5.32 Å². The third kappa shape index (κ3) is 3.22. The van der Waals surface area contributed by atoms with Crippen LogP contribution in [0.4, 0.5) is 5.69 Å². The zero-order valence-electron chi connectivity index (χ0n) is 11.3. The molecule has 0 spiro atoms. The van der Waals surface area contributed by atoms with Crippen molar-refractivity contribution in [3.63, 3.8) is 0 Å². The minimum Gasteiger partial charge on any atom is -0.372 e. The van der Waals surface area contributed by atoms with Gasteiger partial charge in [-0.15, -0.1) is 0 Å². The van der Waals surface area contributed by atoms with Gasteiger partial charge < -0.3 is 10.2 Å². The summed E-state index contributed by atoms with van der Waals surface area (Å²) in [5, 5.41) is 3.48. The summed E-state index contributed by atoms with van der Waals surface area (Å²) in [6.07, 6.45) is 2.69. The normalized spacial score (nSPS) is 15.9. The molecule has 0 amide bonds. The van der Waals surface area contributed by atoms with Gasteiger partial charge in [-0.05, 0) is 43.0 Å². The highest BCUT2D eigenvalue weighted by Crippen LogP contribution is 2.23. The molecule has 0 saturated carbocycles. The Morgan fingerprint density at radius 1 is 1.24 bits per heavy atom. The molecule has 1 aromatic carbocycles. The van der Waals surface area contributed by atoms with Gasteiger partial charge in [-0.25, -0.2) is 0 Å². The molecule has 1 N–H and O–H groups in total. The lowest BCUT2D eigenvalue weighted by Gasteiger charge is -2.19. The van der Waals surface area contributed by atoms with Crippen LogP contribution in [0.2, 0.25) is 0 Å². The standard InChI is InChI=1S/C15H24N2/c1-12(2)16-11-14-6-7-15(10-13(14)3)17-8-4-5-9-17/h6-7,10,12,16H,4-5,8-9,11H2,1-3H3. The third-order valence-corrected chi connectivity index (χ3v) is 3.50. The van der Waals surface area contributed by atoms with Crippen LogP contribution in [0.15, 0.2) is 18.2 Å². The minimum absolute atomic E-state index is 0.549. The summed E-state index contributed by atoms with van der Waals surface area (Å²) in [4.78, 5) is 2.49. The first-order valence-electron chi connectivity index (χ1n) is 6.74. The maximum Gasteiger partial charge on any atom is 0.0369 e. The predicted octanol–water partition coefficient (Wildman–Crippen LogP) is 3.09. The highest BCUT2D eigenvalue weighted by Gasteiger charge is 2.12. The van der Waals surface area contributed by atoms with Crippen molar-refractivity contribution in [2.45, 2.75) is 46.2 Å². The summed E-state index contributed by atoms with van der Waals surface area (Å²) in [6.45, 7) is 10.0. The fraction of sp³-hybridized carbons (Fsp3) is 0.600. The monoisotopic (exact) mass is 232 g/mol. The second kappa shape index (κ2) is 5.54. The van der Waals surface area contributed by atoms with Crippen LogP contribution in [0.25, 0.3) is 0 Å². The number of aryl methyl sites for hydroxylation is 1. The highest BCUT2D eigenvalue weighted by atomic mass is 15.1. The molecule has 0 aromatic heterocycles. The van der Waals surface area contributed by atoms with Crippen molar-refractivity contribution in [2.24, 2.45) is 0 Å². The zero-order valence-corrected chi connectivity index (χ0v) is 11.3. The average Bonchev–Trinajstić information content (AvgIpc) is 2.80. The largest absolute Gasteiger partial charge is 0.372 e. The van der Waals surface area contributed by atoms with E-state index in [2.05, 4.69) is 49.2 Å². The number of hydrogen-bond donors (Lipinski definition) is 1. The number of hydrogen-bond acceptors (Lipinski definition) is 2. The van der Waals surface area contributed by atoms with E-state index in [1.54, 1.807) is 0 Å². The lowest BCUT2D eigenvalue weighted by molar-refractivity contribution is 0.587. The maximum atomic E-state index is 3.48. The van der Waals surface area contributed by atoms with Crippen molar-refractivity contribution >= 4 is 5.69 Å². The van der Waals surface area contributed by atoms with Crippen molar-refractivity contribution in [2.75, 3.05) is 18.0 Å². The van der Waals surface area contributed by atoms with Gasteiger partial charge in [0, 0.05) is 31.4 Å². The topological polar surface area (TPSA) is 15.3 Å². The van der Waals surface area contributed by atoms with Crippen LogP contribution in [-0.4, -0.2) is 19.1 Å². The van der Waals surface area contributed by atoms with Gasteiger partial charge >= 0.3 is 0 Å². The number of nitrogens with zero attached hydrogens (tertiary/aromatic N) is 1. The van der Waals surface area contributed by atoms with Crippen molar-refractivity contribution in [1.29, 1.82) is 0 Å². The minimum atomic E-state index is 0.549. The molecule has 94 valence electrons. The van der Waals surface area contributed by atoms with Crippen LogP contribution < -0.4 is 10.2 Å². The molecule has 2 nitrogen and oxygen atoms in total. The summed E-state index contributed by atoms with van der Waals surface area (Å²) in [6, 6.07) is 7.43. The first kappa shape index (κ1) is 12.4. The van der Waals surface area contributed by atoms with Crippen LogP contribution in [-0.2, 0) is 6.54 Å². The maximum absolute atomic E-state index is 3.48. The summed E-state index contributed by atoms with van der Waals surface area (Å²) in [7, 11) is 0. The van der Waals surface area contributed by atoms with E-state index in [0.717, 1.165) is 6.54 Å². The molecule has 2 heteroatoms. The summed E-state index contributed by atoms with van der Waals surface area (Å²) >= 11 is 0. The highest BCUT2D eigenvalue weighted by molar-refractivity contribution is 5.51. The van der Waals surface area contributed by atoms with E-state index in [4.69, 9.17) is 0 Å². The molecule has 1 fully saturated rings. The van der Waals surface area contributed by atoms with E-state index in [9.17, 15) is 0 Å². The first-order valence-corrected chi connectivity index (χ1v) is 6.74. The van der Waals surface area contributed by atoms with Gasteiger partial charge in [0.2, 0.25) is 0 Å². The number of anilines is 1. The van der Waals surface area contributed by atoms with Crippen LogP contribution in [0, 0.1) is 6.92 Å². The molecular formula is C15H24N2. The van der Waals surface area contributed by atoms with E-state index < -0.39 is 0 Å². The number of benzene rings is 1. The van der Waals surface area contributed by atoms with Crippen molar-refractivity contribution in [3.05, 3.63) is 29.3 Å². The second-order valence-corrected chi connectivity index (χ2v) is 5.34. The van der Waals surface area contributed by atoms with Gasteiger partial charge in [0.1, 0.15) is 0 Å². The second-order valence-electron chi connectivity index (χ2n) is 5.34. The molecule has 0 bridgehead atoms. The molecule has 1 aliphatic heterocycles. The zero-order chi connectivity index (χ0) is 12.3. The van der Waals surface area contributed by atoms with Gasteiger partial charge in [-0.1, -0.05) is 19.9 Å². The Morgan fingerprint density at radius 2 is 1.94 bits per heavy atom. The van der Waals surface area contributed by atoms with E-state index in [1.165, 1.54) is 42.7 Å². The van der Waals surface area contributed by atoms with E-state index in [1.807, 2.05) is 0 Å². The molecule has 0 atom stereocenters. The van der Waals surface area contributed by atoms with Gasteiger partial charge in [0.25, 0.3) is 0 Å². The smallest absolute Gasteiger partial charge is 0.0369 e. The Hall–Kier alpha value is -1.02. The number of nitrogens with one attached hydrogen (secondary N) is 1. The van der Waals surface area contributed by atoms with E-state index >= 15 is 0 Å². The third-order valence-electron chi connectivity index (χ3n) is 3.50. The molecule has 0 radical (unpaired) electrons. The number of rotatable bonds is 4. The average molecular weight is 232 g/mol. The van der Waals surface area contributed by atoms with Gasteiger partial charge in [-0.3, -0.25) is 0 Å². The Balaban J connectivity index is 2.05. The van der Waals surface area contributed by atoms with Gasteiger partial charge in [0.05, 0.1) is 0 Å². The first-order chi connectivity index (χ1) is 8.16. The lowest BCUT2D eigenvalue weighted by Crippen LogP contribution is -2.22. The fourth-order valence-electron chi connectivity index (χ4n) is 2.36. The Morgan fingerprint density at radius 3 is 2.53 bits per heavy atom. The van der Waals surface area contributed by atoms with Crippen molar-refractivity contribution < 1.29 is 0 Å². The molecular weight excluding hydrogens is 208 g/mol. The molecule has 1 saturated heterocycles. The Kier molecular flexibility index (Phi) is 4.06. The predicted molar refractivity (Wildman–Crippen MR) is 74.6 cm³/mol. The summed E-state index contributed by atoms with van der Waals surface area (Å²) in [5.41, 5.74) is 4.22. The Bertz CT molecular complexity index is 365. The van der Waals surface area contributed by atoms with Crippen LogP contribution >= 0.6 is 0 Å². The van der Waals surface area contributed by atoms with E-state index in [0.29, 0.717) is 6.04 Å². The molecule has 17 heavy (non-hydrogen) atoms. The van der Waals surface area contributed by atoms with E-state index in [-0.39, 0.29) is 0 Å². The fourth-order valence-corrected chi connectivity index (χ4v) is 2.36. The molecule has 0 aliphatic carbocycles. The summed E-state index contributed by atoms with van der Waals surface area (Å²) in [5.74, 6) is 0. The molecule has 1 heterocycles. The van der Waals surface area contributed by atoms with Crippen LogP contribution in [0.1, 0.15) is 37.8 Å². The molecule has 2 rings (SSSR count).